The standard InChI is InChI=1S/C24H25N3OS/c1-17-8-6-9-18-14-19(24(26-23(17)18)22-11-7-13-29-22)15-27(2)21(16-28-3)20-10-4-5-12-25-20/h4-14,21H,15-16H2,1-3H3/t21-/m1/s1. The van der Waals surface area contributed by atoms with Crippen molar-refractivity contribution >= 4 is 22.2 Å². The molecule has 3 heterocycles. The zero-order valence-electron chi connectivity index (χ0n) is 17.0. The van der Waals surface area contributed by atoms with Gasteiger partial charge in [0.1, 0.15) is 0 Å². The summed E-state index contributed by atoms with van der Waals surface area (Å²) in [5.41, 5.74) is 5.56. The monoisotopic (exact) mass is 403 g/mol. The summed E-state index contributed by atoms with van der Waals surface area (Å²) in [5, 5.41) is 3.28. The molecule has 1 aromatic carbocycles. The number of hydrogen-bond donors (Lipinski definition) is 0. The van der Waals surface area contributed by atoms with E-state index >= 15 is 0 Å². The van der Waals surface area contributed by atoms with Crippen LogP contribution < -0.4 is 0 Å². The van der Waals surface area contributed by atoms with Crippen LogP contribution in [0.3, 0.4) is 0 Å². The lowest BCUT2D eigenvalue weighted by Gasteiger charge is -2.28. The van der Waals surface area contributed by atoms with Gasteiger partial charge in [-0.2, -0.15) is 0 Å². The molecule has 0 aliphatic rings. The van der Waals surface area contributed by atoms with Crippen LogP contribution in [0.5, 0.6) is 0 Å². The van der Waals surface area contributed by atoms with Gasteiger partial charge >= 0.3 is 0 Å². The number of ether oxygens (including phenoxy) is 1. The first kappa shape index (κ1) is 19.7. The third-order valence-corrected chi connectivity index (χ3v) is 6.06. The molecular weight excluding hydrogens is 378 g/mol. The van der Waals surface area contributed by atoms with Gasteiger partial charge in [-0.3, -0.25) is 9.88 Å². The van der Waals surface area contributed by atoms with Crippen LogP contribution in [-0.4, -0.2) is 35.6 Å². The molecular formula is C24H25N3OS. The summed E-state index contributed by atoms with van der Waals surface area (Å²) in [6, 6.07) is 19.0. The second-order valence-corrected chi connectivity index (χ2v) is 8.21. The molecule has 4 nitrogen and oxygen atoms in total. The van der Waals surface area contributed by atoms with E-state index in [1.54, 1.807) is 18.4 Å². The maximum atomic E-state index is 5.51. The molecule has 0 N–H and O–H groups in total. The fourth-order valence-electron chi connectivity index (χ4n) is 3.69. The second-order valence-electron chi connectivity index (χ2n) is 7.26. The lowest BCUT2D eigenvalue weighted by atomic mass is 10.0. The van der Waals surface area contributed by atoms with Gasteiger partial charge in [0.2, 0.25) is 0 Å². The Morgan fingerprint density at radius 2 is 2.00 bits per heavy atom. The number of fused-ring (bicyclic) bond motifs is 1. The lowest BCUT2D eigenvalue weighted by molar-refractivity contribution is 0.100. The van der Waals surface area contributed by atoms with E-state index in [9.17, 15) is 0 Å². The van der Waals surface area contributed by atoms with Crippen molar-refractivity contribution in [1.29, 1.82) is 0 Å². The predicted octanol–water partition coefficient (Wildman–Crippen LogP) is 5.49. The first-order chi connectivity index (χ1) is 14.2. The number of nitrogens with zero attached hydrogens (tertiary/aromatic N) is 3. The third kappa shape index (κ3) is 4.22. The molecule has 5 heteroatoms. The van der Waals surface area contributed by atoms with Gasteiger partial charge in [0.05, 0.1) is 34.4 Å². The van der Waals surface area contributed by atoms with Crippen LogP contribution in [0.2, 0.25) is 0 Å². The van der Waals surface area contributed by atoms with Crippen LogP contribution in [0.15, 0.2) is 66.2 Å². The van der Waals surface area contributed by atoms with Crippen LogP contribution in [0.4, 0.5) is 0 Å². The minimum Gasteiger partial charge on any atom is -0.383 e. The quantitative estimate of drug-likeness (QED) is 0.409. The Morgan fingerprint density at radius 3 is 2.72 bits per heavy atom. The first-order valence-corrected chi connectivity index (χ1v) is 10.6. The lowest BCUT2D eigenvalue weighted by Crippen LogP contribution is -2.28. The molecule has 0 spiro atoms. The number of methoxy groups -OCH3 is 1. The Morgan fingerprint density at radius 1 is 1.10 bits per heavy atom. The smallest absolute Gasteiger partial charge is 0.0854 e. The van der Waals surface area contributed by atoms with E-state index in [4.69, 9.17) is 9.72 Å². The van der Waals surface area contributed by atoms with Crippen molar-refractivity contribution in [2.24, 2.45) is 0 Å². The fourth-order valence-corrected chi connectivity index (χ4v) is 4.44. The summed E-state index contributed by atoms with van der Waals surface area (Å²) in [4.78, 5) is 13.1. The molecule has 0 fully saturated rings. The van der Waals surface area contributed by atoms with Gasteiger partial charge < -0.3 is 4.74 Å². The van der Waals surface area contributed by atoms with E-state index in [2.05, 4.69) is 71.7 Å². The maximum absolute atomic E-state index is 5.51. The van der Waals surface area contributed by atoms with Gasteiger partial charge in [-0.15, -0.1) is 11.3 Å². The SMILES string of the molecule is COC[C@H](c1ccccn1)N(C)Cc1cc2cccc(C)c2nc1-c1cccs1. The highest BCUT2D eigenvalue weighted by Crippen LogP contribution is 2.32. The molecule has 4 rings (SSSR count). The van der Waals surface area contributed by atoms with Gasteiger partial charge in [-0.1, -0.05) is 30.3 Å². The van der Waals surface area contributed by atoms with Gasteiger partial charge in [-0.25, -0.2) is 4.98 Å². The Bertz CT molecular complexity index is 1080. The minimum absolute atomic E-state index is 0.0746. The van der Waals surface area contributed by atoms with E-state index in [1.165, 1.54) is 21.4 Å². The number of hydrogen-bond acceptors (Lipinski definition) is 5. The largest absolute Gasteiger partial charge is 0.383 e. The van der Waals surface area contributed by atoms with Crippen molar-refractivity contribution in [1.82, 2.24) is 14.9 Å². The highest BCUT2D eigenvalue weighted by Gasteiger charge is 2.21. The summed E-state index contributed by atoms with van der Waals surface area (Å²) in [6.45, 7) is 3.46. The van der Waals surface area contributed by atoms with Crippen molar-refractivity contribution in [3.8, 4) is 10.6 Å². The molecule has 0 bridgehead atoms. The van der Waals surface area contributed by atoms with Crippen LogP contribution >= 0.6 is 11.3 Å². The van der Waals surface area contributed by atoms with Crippen molar-refractivity contribution in [3.05, 3.63) is 83.0 Å². The number of para-hydroxylation sites is 1. The molecule has 148 valence electrons. The third-order valence-electron chi connectivity index (χ3n) is 5.19. The van der Waals surface area contributed by atoms with Crippen molar-refractivity contribution < 1.29 is 4.74 Å². The molecule has 0 aliphatic carbocycles. The molecule has 0 saturated carbocycles. The molecule has 1 atom stereocenters. The first-order valence-electron chi connectivity index (χ1n) is 9.70. The number of aromatic nitrogens is 2. The number of rotatable bonds is 7. The molecule has 0 amide bonds. The summed E-state index contributed by atoms with van der Waals surface area (Å²) in [6.07, 6.45) is 1.84. The number of aryl methyl sites for hydroxylation is 1. The number of benzene rings is 1. The molecule has 4 aromatic rings. The van der Waals surface area contributed by atoms with Crippen LogP contribution in [0, 0.1) is 6.92 Å². The van der Waals surface area contributed by atoms with E-state index in [-0.39, 0.29) is 6.04 Å². The highest BCUT2D eigenvalue weighted by molar-refractivity contribution is 7.13. The van der Waals surface area contributed by atoms with Gasteiger partial charge in [-0.05, 0) is 54.7 Å². The van der Waals surface area contributed by atoms with Crippen molar-refractivity contribution in [2.45, 2.75) is 19.5 Å². The summed E-state index contributed by atoms with van der Waals surface area (Å²) >= 11 is 1.73. The van der Waals surface area contributed by atoms with E-state index in [0.717, 1.165) is 23.4 Å². The highest BCUT2D eigenvalue weighted by atomic mass is 32.1. The molecule has 0 unspecified atom stereocenters. The minimum atomic E-state index is 0.0746. The van der Waals surface area contributed by atoms with E-state index in [0.29, 0.717) is 6.61 Å². The van der Waals surface area contributed by atoms with Crippen molar-refractivity contribution in [2.75, 3.05) is 20.8 Å². The zero-order chi connectivity index (χ0) is 20.2. The normalized spacial score (nSPS) is 12.6. The van der Waals surface area contributed by atoms with Crippen LogP contribution in [0.1, 0.15) is 22.9 Å². The maximum Gasteiger partial charge on any atom is 0.0854 e. The van der Waals surface area contributed by atoms with Gasteiger partial charge in [0, 0.05) is 25.2 Å². The van der Waals surface area contributed by atoms with Gasteiger partial charge in [0.15, 0.2) is 0 Å². The predicted molar refractivity (Wildman–Crippen MR) is 120 cm³/mol. The molecule has 29 heavy (non-hydrogen) atoms. The Hall–Kier alpha value is -2.60. The average molecular weight is 404 g/mol. The molecule has 3 aromatic heterocycles. The summed E-state index contributed by atoms with van der Waals surface area (Å²) in [5.74, 6) is 0. The molecule has 0 radical (unpaired) electrons. The molecule has 0 aliphatic heterocycles. The Kier molecular flexibility index (Phi) is 6.00. The number of likely N-dealkylation sites (N-methyl/N-ethyl adjacent to an activating group) is 1. The van der Waals surface area contributed by atoms with E-state index < -0.39 is 0 Å². The van der Waals surface area contributed by atoms with E-state index in [1.807, 2.05) is 18.3 Å². The number of pyridine rings is 2. The summed E-state index contributed by atoms with van der Waals surface area (Å²) in [7, 11) is 3.86. The Balaban J connectivity index is 1.75. The van der Waals surface area contributed by atoms with Crippen LogP contribution in [-0.2, 0) is 11.3 Å². The fraction of sp³-hybridized carbons (Fsp3) is 0.250. The average Bonchev–Trinajstić information content (AvgIpc) is 3.27. The Labute approximate surface area is 175 Å². The van der Waals surface area contributed by atoms with Gasteiger partial charge in [0.25, 0.3) is 0 Å². The molecule has 0 saturated heterocycles. The number of thiophene rings is 1. The zero-order valence-corrected chi connectivity index (χ0v) is 17.8. The summed E-state index contributed by atoms with van der Waals surface area (Å²) < 4.78 is 5.51. The van der Waals surface area contributed by atoms with Crippen LogP contribution in [0.25, 0.3) is 21.5 Å². The van der Waals surface area contributed by atoms with Crippen molar-refractivity contribution in [3.63, 3.8) is 0 Å². The second kappa shape index (κ2) is 8.82. The topological polar surface area (TPSA) is 38.2 Å².